The van der Waals surface area contributed by atoms with Crippen LogP contribution in [0.25, 0.3) is 0 Å². The van der Waals surface area contributed by atoms with E-state index in [2.05, 4.69) is 37.9 Å². The molecule has 2 aromatic rings. The van der Waals surface area contributed by atoms with Crippen LogP contribution in [-0.2, 0) is 9.59 Å². The van der Waals surface area contributed by atoms with Crippen molar-refractivity contribution in [1.82, 2.24) is 20.4 Å². The largest absolute Gasteiger partial charge is 0.368 e. The number of benzene rings is 2. The van der Waals surface area contributed by atoms with Crippen molar-refractivity contribution in [2.24, 2.45) is 0 Å². The number of amides is 4. The minimum atomic E-state index is -0.271. The maximum atomic E-state index is 13.0. The summed E-state index contributed by atoms with van der Waals surface area (Å²) in [4.78, 5) is 44.4. The predicted octanol–water partition coefficient (Wildman–Crippen LogP) is 1.88. The third kappa shape index (κ3) is 5.62. The normalized spacial score (nSPS) is 24.1. The molecule has 3 atom stereocenters. The Morgan fingerprint density at radius 3 is 2.36 bits per heavy atom. The van der Waals surface area contributed by atoms with Gasteiger partial charge in [-0.2, -0.15) is 0 Å². The van der Waals surface area contributed by atoms with Crippen LogP contribution in [-0.4, -0.2) is 85.0 Å². The molecule has 5 rings (SSSR count). The van der Waals surface area contributed by atoms with Gasteiger partial charge in [-0.05, 0) is 37.1 Å². The molecule has 0 aliphatic carbocycles. The molecule has 2 aromatic carbocycles. The van der Waals surface area contributed by atoms with Gasteiger partial charge in [0.25, 0.3) is 0 Å². The van der Waals surface area contributed by atoms with Crippen molar-refractivity contribution in [2.75, 3.05) is 49.5 Å². The third-order valence-electron chi connectivity index (χ3n) is 7.43. The quantitative estimate of drug-likeness (QED) is 0.575. The van der Waals surface area contributed by atoms with Gasteiger partial charge in [-0.1, -0.05) is 36.4 Å². The van der Waals surface area contributed by atoms with Crippen LogP contribution in [0.1, 0.15) is 19.3 Å². The fraction of sp³-hybridized carbons (Fsp3) is 0.444. The fourth-order valence-electron chi connectivity index (χ4n) is 5.52. The number of piperazine rings is 2. The van der Waals surface area contributed by atoms with Crippen LogP contribution in [0.15, 0.2) is 60.7 Å². The molecule has 190 valence electrons. The van der Waals surface area contributed by atoms with Gasteiger partial charge in [0.2, 0.25) is 11.8 Å². The number of rotatable bonds is 6. The molecule has 0 unspecified atom stereocenters. The lowest BCUT2D eigenvalue weighted by Crippen LogP contribution is -2.58. The second kappa shape index (κ2) is 11.0. The first kappa shape index (κ1) is 24.1. The van der Waals surface area contributed by atoms with E-state index in [9.17, 15) is 14.4 Å². The Kier molecular flexibility index (Phi) is 7.36. The van der Waals surface area contributed by atoms with Crippen molar-refractivity contribution >= 4 is 29.2 Å². The average molecular weight is 491 g/mol. The van der Waals surface area contributed by atoms with Gasteiger partial charge in [0, 0.05) is 69.1 Å². The molecule has 0 bridgehead atoms. The van der Waals surface area contributed by atoms with Gasteiger partial charge >= 0.3 is 6.03 Å². The topological polar surface area (TPSA) is 97.0 Å². The first-order chi connectivity index (χ1) is 17.6. The molecule has 3 heterocycles. The molecule has 0 saturated carbocycles. The van der Waals surface area contributed by atoms with Crippen LogP contribution in [0.2, 0.25) is 0 Å². The summed E-state index contributed by atoms with van der Waals surface area (Å²) in [6.07, 6.45) is 1.72. The minimum absolute atomic E-state index is 0.00220. The Balaban J connectivity index is 1.10. The van der Waals surface area contributed by atoms with E-state index in [1.807, 2.05) is 53.4 Å². The summed E-state index contributed by atoms with van der Waals surface area (Å²) >= 11 is 0. The van der Waals surface area contributed by atoms with Crippen LogP contribution in [0, 0.1) is 0 Å². The van der Waals surface area contributed by atoms with Crippen molar-refractivity contribution in [2.45, 2.75) is 37.4 Å². The number of hydrogen-bond donors (Lipinski definition) is 3. The Hall–Kier alpha value is -3.59. The number of carbonyl (C=O) groups excluding carboxylic acids is 3. The number of nitrogens with one attached hydrogen (secondary N) is 3. The van der Waals surface area contributed by atoms with Crippen LogP contribution in [0.5, 0.6) is 0 Å². The molecule has 3 fully saturated rings. The number of urea groups is 1. The van der Waals surface area contributed by atoms with Gasteiger partial charge in [-0.3, -0.25) is 14.5 Å². The van der Waals surface area contributed by atoms with Crippen molar-refractivity contribution in [3.63, 3.8) is 0 Å². The lowest BCUT2D eigenvalue weighted by molar-refractivity contribution is -0.132. The zero-order valence-electron chi connectivity index (χ0n) is 20.4. The summed E-state index contributed by atoms with van der Waals surface area (Å²) in [7, 11) is 0. The van der Waals surface area contributed by atoms with E-state index in [4.69, 9.17) is 0 Å². The molecule has 3 aliphatic rings. The van der Waals surface area contributed by atoms with Crippen molar-refractivity contribution in [3.8, 4) is 0 Å². The second-order valence-electron chi connectivity index (χ2n) is 9.75. The zero-order valence-corrected chi connectivity index (χ0v) is 20.4. The smallest absolute Gasteiger partial charge is 0.319 e. The van der Waals surface area contributed by atoms with E-state index in [1.165, 1.54) is 5.69 Å². The molecule has 9 nitrogen and oxygen atoms in total. The Morgan fingerprint density at radius 1 is 0.944 bits per heavy atom. The first-order valence-electron chi connectivity index (χ1n) is 12.8. The van der Waals surface area contributed by atoms with Gasteiger partial charge < -0.3 is 25.8 Å². The molecule has 36 heavy (non-hydrogen) atoms. The molecular formula is C27H34N6O3. The highest BCUT2D eigenvalue weighted by molar-refractivity contribution is 5.89. The predicted molar refractivity (Wildman–Crippen MR) is 139 cm³/mol. The Labute approximate surface area is 211 Å². The minimum Gasteiger partial charge on any atom is -0.368 e. The molecule has 0 aromatic heterocycles. The Bertz CT molecular complexity index is 1060. The number of anilines is 2. The summed E-state index contributed by atoms with van der Waals surface area (Å²) in [6.45, 7) is 4.26. The lowest BCUT2D eigenvalue weighted by Gasteiger charge is -2.38. The fourth-order valence-corrected chi connectivity index (χ4v) is 5.52. The molecule has 9 heteroatoms. The highest BCUT2D eigenvalue weighted by Gasteiger charge is 2.44. The Morgan fingerprint density at radius 2 is 1.64 bits per heavy atom. The molecule has 3 saturated heterocycles. The molecule has 0 radical (unpaired) electrons. The number of nitrogens with zero attached hydrogens (tertiary/aromatic N) is 3. The summed E-state index contributed by atoms with van der Waals surface area (Å²) in [5.41, 5.74) is 1.92. The van der Waals surface area contributed by atoms with Crippen LogP contribution >= 0.6 is 0 Å². The number of carbonyl (C=O) groups is 3. The monoisotopic (exact) mass is 490 g/mol. The molecule has 3 aliphatic heterocycles. The van der Waals surface area contributed by atoms with E-state index >= 15 is 0 Å². The molecule has 4 amide bonds. The molecule has 3 N–H and O–H groups in total. The number of hydrogen-bond acceptors (Lipinski definition) is 5. The van der Waals surface area contributed by atoms with Gasteiger partial charge in [-0.15, -0.1) is 0 Å². The van der Waals surface area contributed by atoms with Crippen molar-refractivity contribution < 1.29 is 14.4 Å². The third-order valence-corrected chi connectivity index (χ3v) is 7.43. The van der Waals surface area contributed by atoms with Gasteiger partial charge in [0.05, 0.1) is 6.04 Å². The summed E-state index contributed by atoms with van der Waals surface area (Å²) in [6, 6.07) is 19.0. The van der Waals surface area contributed by atoms with E-state index in [0.29, 0.717) is 32.4 Å². The average Bonchev–Trinajstić information content (AvgIpc) is 3.34. The summed E-state index contributed by atoms with van der Waals surface area (Å²) in [5.74, 6) is 0.176. The van der Waals surface area contributed by atoms with Crippen LogP contribution in [0.3, 0.4) is 0 Å². The molecular weight excluding hydrogens is 456 g/mol. The van der Waals surface area contributed by atoms with E-state index in [0.717, 1.165) is 31.9 Å². The van der Waals surface area contributed by atoms with Gasteiger partial charge in [-0.25, -0.2) is 4.79 Å². The number of para-hydroxylation sites is 2. The summed E-state index contributed by atoms with van der Waals surface area (Å²) in [5, 5.41) is 8.85. The lowest BCUT2D eigenvalue weighted by atomic mass is 10.0. The maximum absolute atomic E-state index is 13.0. The summed E-state index contributed by atoms with van der Waals surface area (Å²) < 4.78 is 0. The van der Waals surface area contributed by atoms with Crippen molar-refractivity contribution in [3.05, 3.63) is 60.7 Å². The van der Waals surface area contributed by atoms with E-state index < -0.39 is 0 Å². The van der Waals surface area contributed by atoms with Crippen LogP contribution in [0.4, 0.5) is 16.2 Å². The van der Waals surface area contributed by atoms with Crippen LogP contribution < -0.4 is 20.9 Å². The standard InChI is InChI=1S/C27H34N6O3/c34-25(32-15-13-31(14-16-32)22-9-5-2-6-10-22)12-11-23-18-28-26(35)24-17-21(19-33(23)24)30-27(36)29-20-7-3-1-4-8-20/h1-10,21,23-24H,11-19H2,(H,28,35)(H2,29,30,36)/t21-,23-,24+/m1/s1. The molecule has 0 spiro atoms. The van der Waals surface area contributed by atoms with E-state index in [1.54, 1.807) is 0 Å². The maximum Gasteiger partial charge on any atom is 0.319 e. The van der Waals surface area contributed by atoms with E-state index in [-0.39, 0.29) is 36.0 Å². The highest BCUT2D eigenvalue weighted by Crippen LogP contribution is 2.26. The van der Waals surface area contributed by atoms with Gasteiger partial charge in [0.1, 0.15) is 0 Å². The highest BCUT2D eigenvalue weighted by atomic mass is 16.2. The zero-order chi connectivity index (χ0) is 24.9. The second-order valence-corrected chi connectivity index (χ2v) is 9.75. The first-order valence-corrected chi connectivity index (χ1v) is 12.8. The van der Waals surface area contributed by atoms with Crippen molar-refractivity contribution in [1.29, 1.82) is 0 Å². The number of fused-ring (bicyclic) bond motifs is 1. The van der Waals surface area contributed by atoms with Gasteiger partial charge in [0.15, 0.2) is 0 Å². The SMILES string of the molecule is O=C(Nc1ccccc1)N[C@@H]1C[C@H]2C(=O)NC[C@@H](CCC(=O)N3CCN(c4ccccc4)CC3)N2C1.